The minimum atomic E-state index is 0. The minimum Gasteiger partial charge on any atom is -0.309 e. The van der Waals surface area contributed by atoms with E-state index < -0.39 is 0 Å². The summed E-state index contributed by atoms with van der Waals surface area (Å²) in [5, 5.41) is 4.76. The quantitative estimate of drug-likeness (QED) is 0.836. The number of aromatic nitrogens is 1. The molecule has 1 aliphatic rings. The summed E-state index contributed by atoms with van der Waals surface area (Å²) in [4.78, 5) is 4.74. The molecular formula is C14H17ClN2. The number of nitrogens with zero attached hydrogens (tertiary/aromatic N) is 1. The van der Waals surface area contributed by atoms with Crippen molar-refractivity contribution in [1.82, 2.24) is 10.3 Å². The van der Waals surface area contributed by atoms with Crippen molar-refractivity contribution in [3.63, 3.8) is 0 Å². The van der Waals surface area contributed by atoms with Crippen LogP contribution in [0.15, 0.2) is 36.4 Å². The molecule has 17 heavy (non-hydrogen) atoms. The Labute approximate surface area is 108 Å². The molecule has 0 aliphatic carbocycles. The summed E-state index contributed by atoms with van der Waals surface area (Å²) in [6, 6.07) is 13.1. The Morgan fingerprint density at radius 1 is 1.06 bits per heavy atom. The van der Waals surface area contributed by atoms with Gasteiger partial charge in [0, 0.05) is 11.4 Å². The van der Waals surface area contributed by atoms with Crippen LogP contribution in [0.5, 0.6) is 0 Å². The average Bonchev–Trinajstić information content (AvgIpc) is 2.39. The van der Waals surface area contributed by atoms with Crippen molar-refractivity contribution >= 4 is 23.3 Å². The molecule has 1 aliphatic heterocycles. The number of nitrogens with one attached hydrogen (secondary N) is 1. The van der Waals surface area contributed by atoms with E-state index in [2.05, 4.69) is 35.6 Å². The van der Waals surface area contributed by atoms with E-state index in [1.807, 2.05) is 6.07 Å². The van der Waals surface area contributed by atoms with Crippen LogP contribution in [-0.4, -0.2) is 11.5 Å². The molecule has 0 spiro atoms. The molecule has 1 atom stereocenters. The second-order valence-electron chi connectivity index (χ2n) is 4.43. The standard InChI is InChI=1S/C14H16N2.ClH/c1-2-6-12-11(5-1)8-9-14(16-12)13-7-3-4-10-15-13;/h1-2,5-6,8-9,13,15H,3-4,7,10H2;1H/t13-;/m1./s1. The van der Waals surface area contributed by atoms with Crippen molar-refractivity contribution in [2.45, 2.75) is 25.3 Å². The van der Waals surface area contributed by atoms with E-state index in [4.69, 9.17) is 4.98 Å². The van der Waals surface area contributed by atoms with Crippen LogP contribution in [0.4, 0.5) is 0 Å². The predicted molar refractivity (Wildman–Crippen MR) is 73.6 cm³/mol. The zero-order chi connectivity index (χ0) is 10.8. The van der Waals surface area contributed by atoms with Gasteiger partial charge in [0.05, 0.1) is 11.2 Å². The lowest BCUT2D eigenvalue weighted by molar-refractivity contribution is 0.406. The van der Waals surface area contributed by atoms with Crippen molar-refractivity contribution in [1.29, 1.82) is 0 Å². The highest BCUT2D eigenvalue weighted by molar-refractivity contribution is 5.85. The number of rotatable bonds is 1. The first-order valence-corrected chi connectivity index (χ1v) is 6.02. The van der Waals surface area contributed by atoms with Crippen molar-refractivity contribution in [2.24, 2.45) is 0 Å². The Morgan fingerprint density at radius 2 is 1.94 bits per heavy atom. The van der Waals surface area contributed by atoms with Crippen molar-refractivity contribution in [3.05, 3.63) is 42.1 Å². The van der Waals surface area contributed by atoms with Gasteiger partial charge in [-0.25, -0.2) is 0 Å². The highest BCUT2D eigenvalue weighted by Crippen LogP contribution is 2.23. The van der Waals surface area contributed by atoms with Gasteiger partial charge in [0.25, 0.3) is 0 Å². The zero-order valence-electron chi connectivity index (χ0n) is 9.73. The van der Waals surface area contributed by atoms with E-state index in [0.29, 0.717) is 6.04 Å². The van der Waals surface area contributed by atoms with Gasteiger partial charge in [-0.15, -0.1) is 12.4 Å². The second kappa shape index (κ2) is 5.48. The van der Waals surface area contributed by atoms with Gasteiger partial charge in [0.15, 0.2) is 0 Å². The lowest BCUT2D eigenvalue weighted by Crippen LogP contribution is -2.27. The molecule has 2 nitrogen and oxygen atoms in total. The average molecular weight is 249 g/mol. The maximum absolute atomic E-state index is 4.74. The van der Waals surface area contributed by atoms with Gasteiger partial charge in [-0.2, -0.15) is 0 Å². The molecule has 1 aromatic carbocycles. The highest BCUT2D eigenvalue weighted by atomic mass is 35.5. The lowest BCUT2D eigenvalue weighted by atomic mass is 10.0. The van der Waals surface area contributed by atoms with Gasteiger partial charge in [-0.1, -0.05) is 30.7 Å². The van der Waals surface area contributed by atoms with Crippen LogP contribution in [0.25, 0.3) is 10.9 Å². The van der Waals surface area contributed by atoms with Crippen LogP contribution in [0.1, 0.15) is 31.0 Å². The third-order valence-corrected chi connectivity index (χ3v) is 3.29. The fraction of sp³-hybridized carbons (Fsp3) is 0.357. The van der Waals surface area contributed by atoms with E-state index in [-0.39, 0.29) is 12.4 Å². The first kappa shape index (κ1) is 12.3. The van der Waals surface area contributed by atoms with Crippen molar-refractivity contribution in [3.8, 4) is 0 Å². The molecule has 2 aromatic rings. The molecule has 3 heteroatoms. The third-order valence-electron chi connectivity index (χ3n) is 3.29. The highest BCUT2D eigenvalue weighted by Gasteiger charge is 2.15. The molecule has 1 aromatic heterocycles. The molecule has 1 N–H and O–H groups in total. The van der Waals surface area contributed by atoms with Crippen molar-refractivity contribution < 1.29 is 0 Å². The monoisotopic (exact) mass is 248 g/mol. The second-order valence-corrected chi connectivity index (χ2v) is 4.43. The van der Waals surface area contributed by atoms with Gasteiger partial charge < -0.3 is 5.32 Å². The summed E-state index contributed by atoms with van der Waals surface area (Å²) in [5.74, 6) is 0. The third kappa shape index (κ3) is 2.59. The predicted octanol–water partition coefficient (Wildman–Crippen LogP) is 3.47. The molecule has 0 unspecified atom stereocenters. The normalized spacial score (nSPS) is 19.9. The number of benzene rings is 1. The summed E-state index contributed by atoms with van der Waals surface area (Å²) < 4.78 is 0. The molecule has 0 amide bonds. The molecule has 0 saturated carbocycles. The molecule has 90 valence electrons. The van der Waals surface area contributed by atoms with Gasteiger partial charge in [-0.05, 0) is 31.5 Å². The first-order valence-electron chi connectivity index (χ1n) is 6.02. The Balaban J connectivity index is 0.00000108. The Morgan fingerprint density at radius 3 is 2.76 bits per heavy atom. The number of para-hydroxylation sites is 1. The number of pyridine rings is 1. The molecule has 3 rings (SSSR count). The number of fused-ring (bicyclic) bond motifs is 1. The SMILES string of the molecule is Cl.c1ccc2nc([C@H]3CCCCN3)ccc2c1. The summed E-state index contributed by atoms with van der Waals surface area (Å²) in [7, 11) is 0. The van der Waals surface area contributed by atoms with E-state index in [9.17, 15) is 0 Å². The Hall–Kier alpha value is -1.12. The first-order chi connectivity index (χ1) is 7.93. The van der Waals surface area contributed by atoms with Gasteiger partial charge in [0.2, 0.25) is 0 Å². The molecular weight excluding hydrogens is 232 g/mol. The van der Waals surface area contributed by atoms with Crippen LogP contribution >= 0.6 is 12.4 Å². The number of hydrogen-bond donors (Lipinski definition) is 1. The summed E-state index contributed by atoms with van der Waals surface area (Å²) in [5.41, 5.74) is 2.30. The fourth-order valence-corrected chi connectivity index (χ4v) is 2.38. The van der Waals surface area contributed by atoms with Crippen LogP contribution in [0.3, 0.4) is 0 Å². The topological polar surface area (TPSA) is 24.9 Å². The van der Waals surface area contributed by atoms with Crippen LogP contribution in [-0.2, 0) is 0 Å². The van der Waals surface area contributed by atoms with E-state index in [0.717, 1.165) is 12.1 Å². The van der Waals surface area contributed by atoms with Gasteiger partial charge >= 0.3 is 0 Å². The largest absolute Gasteiger partial charge is 0.309 e. The zero-order valence-corrected chi connectivity index (χ0v) is 10.5. The van der Waals surface area contributed by atoms with Gasteiger partial charge in [0.1, 0.15) is 0 Å². The van der Waals surface area contributed by atoms with Crippen molar-refractivity contribution in [2.75, 3.05) is 6.54 Å². The Kier molecular flexibility index (Phi) is 3.97. The Bertz CT molecular complexity index is 492. The van der Waals surface area contributed by atoms with Crippen LogP contribution in [0, 0.1) is 0 Å². The maximum atomic E-state index is 4.74. The molecule has 0 bridgehead atoms. The number of halogens is 1. The van der Waals surface area contributed by atoms with E-state index in [1.165, 1.54) is 30.3 Å². The van der Waals surface area contributed by atoms with Crippen LogP contribution < -0.4 is 5.32 Å². The van der Waals surface area contributed by atoms with E-state index in [1.54, 1.807) is 0 Å². The van der Waals surface area contributed by atoms with E-state index >= 15 is 0 Å². The molecule has 2 heterocycles. The summed E-state index contributed by atoms with van der Waals surface area (Å²) in [6.45, 7) is 1.12. The minimum absolute atomic E-state index is 0. The number of piperidine rings is 1. The lowest BCUT2D eigenvalue weighted by Gasteiger charge is -2.23. The van der Waals surface area contributed by atoms with Crippen LogP contribution in [0.2, 0.25) is 0 Å². The smallest absolute Gasteiger partial charge is 0.0706 e. The fourth-order valence-electron chi connectivity index (χ4n) is 2.38. The molecule has 0 radical (unpaired) electrons. The number of hydrogen-bond acceptors (Lipinski definition) is 2. The summed E-state index contributed by atoms with van der Waals surface area (Å²) >= 11 is 0. The maximum Gasteiger partial charge on any atom is 0.0706 e. The molecule has 1 fully saturated rings. The summed E-state index contributed by atoms with van der Waals surface area (Å²) in [6.07, 6.45) is 3.82. The van der Waals surface area contributed by atoms with Gasteiger partial charge in [-0.3, -0.25) is 4.98 Å². The molecule has 1 saturated heterocycles.